The van der Waals surface area contributed by atoms with Crippen LogP contribution in [0.1, 0.15) is 5.69 Å². The molecule has 1 aliphatic rings. The van der Waals surface area contributed by atoms with Crippen molar-refractivity contribution in [3.63, 3.8) is 0 Å². The van der Waals surface area contributed by atoms with Crippen molar-refractivity contribution < 1.29 is 13.5 Å². The van der Waals surface area contributed by atoms with Gasteiger partial charge in [0.2, 0.25) is 0 Å². The van der Waals surface area contributed by atoms with E-state index in [0.717, 1.165) is 17.3 Å². The second kappa shape index (κ2) is 7.48. The Morgan fingerprint density at radius 1 is 1.26 bits per heavy atom. The summed E-state index contributed by atoms with van der Waals surface area (Å²) in [5.41, 5.74) is -2.32. The molecule has 0 bridgehead atoms. The first-order valence-corrected chi connectivity index (χ1v) is 8.84. The van der Waals surface area contributed by atoms with Gasteiger partial charge in [-0.25, -0.2) is 23.7 Å². The minimum Gasteiger partial charge on any atom is -0.481 e. The lowest BCUT2D eigenvalue weighted by molar-refractivity contribution is -0.0595. The molecule has 0 amide bonds. The molecule has 3 N–H and O–H groups in total. The molecule has 3 aromatic rings. The molecule has 1 saturated heterocycles. The number of rotatable bonds is 4. The van der Waals surface area contributed by atoms with Crippen LogP contribution in [0.5, 0.6) is 5.75 Å². The van der Waals surface area contributed by atoms with Crippen LogP contribution in [0.15, 0.2) is 45.0 Å². The fourth-order valence-electron chi connectivity index (χ4n) is 3.11. The van der Waals surface area contributed by atoms with Crippen molar-refractivity contribution in [3.8, 4) is 23.1 Å². The number of ether oxygens (including phenoxy) is 1. The normalized spacial score (nSPS) is 17.3. The Morgan fingerprint density at radius 2 is 2.06 bits per heavy atom. The van der Waals surface area contributed by atoms with E-state index in [1.807, 2.05) is 11.1 Å². The number of aromatic nitrogens is 5. The molecule has 0 aromatic carbocycles. The van der Waals surface area contributed by atoms with Gasteiger partial charge in [0.15, 0.2) is 6.10 Å². The number of nitrogens with one attached hydrogen (secondary N) is 3. The zero-order valence-electron chi connectivity index (χ0n) is 15.6. The van der Waals surface area contributed by atoms with Crippen molar-refractivity contribution in [2.45, 2.75) is 12.0 Å². The number of aromatic amines is 3. The number of anilines is 1. The summed E-state index contributed by atoms with van der Waals surface area (Å²) < 4.78 is 34.5. The zero-order chi connectivity index (χ0) is 22.2. The van der Waals surface area contributed by atoms with E-state index in [0.29, 0.717) is 0 Å². The molecule has 0 spiro atoms. The molecule has 158 valence electrons. The number of hydrogen-bond donors (Lipinski definition) is 3. The van der Waals surface area contributed by atoms with E-state index < -0.39 is 35.4 Å². The lowest BCUT2D eigenvalue weighted by Gasteiger charge is -2.18. The third kappa shape index (κ3) is 3.90. The summed E-state index contributed by atoms with van der Waals surface area (Å²) in [4.78, 5) is 44.6. The van der Waals surface area contributed by atoms with Crippen LogP contribution in [0.25, 0.3) is 11.3 Å². The highest BCUT2D eigenvalue weighted by Gasteiger charge is 2.50. The van der Waals surface area contributed by atoms with E-state index in [1.165, 1.54) is 18.2 Å². The van der Waals surface area contributed by atoms with Crippen molar-refractivity contribution >= 4 is 5.69 Å². The van der Waals surface area contributed by atoms with Gasteiger partial charge in [-0.2, -0.15) is 10.4 Å². The minimum atomic E-state index is -3.31. The summed E-state index contributed by atoms with van der Waals surface area (Å²) in [6.45, 7) is -1.14. The predicted octanol–water partition coefficient (Wildman–Crippen LogP) is -0.0169. The second-order valence-corrected chi connectivity index (χ2v) is 6.69. The highest BCUT2D eigenvalue weighted by atomic mass is 19.3. The average molecular weight is 429 g/mol. The molecule has 13 heteroatoms. The molecule has 0 radical (unpaired) electrons. The average Bonchev–Trinajstić information content (AvgIpc) is 3.03. The van der Waals surface area contributed by atoms with E-state index in [-0.39, 0.29) is 34.9 Å². The summed E-state index contributed by atoms with van der Waals surface area (Å²) in [7, 11) is 0. The summed E-state index contributed by atoms with van der Waals surface area (Å²) >= 11 is 0. The maximum atomic E-state index is 14.6. The molecule has 31 heavy (non-hydrogen) atoms. The molecule has 1 atom stereocenters. The topological polar surface area (TPSA) is 161 Å². The van der Waals surface area contributed by atoms with Gasteiger partial charge in [-0.1, -0.05) is 0 Å². The first-order valence-electron chi connectivity index (χ1n) is 8.84. The molecule has 1 aliphatic heterocycles. The van der Waals surface area contributed by atoms with Crippen LogP contribution in [0.3, 0.4) is 0 Å². The van der Waals surface area contributed by atoms with Gasteiger partial charge in [-0.05, 0) is 18.2 Å². The number of pyridine rings is 1. The van der Waals surface area contributed by atoms with E-state index in [2.05, 4.69) is 20.2 Å². The Morgan fingerprint density at radius 3 is 2.74 bits per heavy atom. The minimum absolute atomic E-state index is 0.0175. The van der Waals surface area contributed by atoms with E-state index in [9.17, 15) is 23.2 Å². The van der Waals surface area contributed by atoms with Gasteiger partial charge >= 0.3 is 11.6 Å². The second-order valence-electron chi connectivity index (χ2n) is 6.69. The summed E-state index contributed by atoms with van der Waals surface area (Å²) in [5.74, 6) is -3.26. The highest BCUT2D eigenvalue weighted by Crippen LogP contribution is 2.33. The molecule has 4 heterocycles. The number of nitriles is 1. The zero-order valence-corrected chi connectivity index (χ0v) is 15.6. The van der Waals surface area contributed by atoms with Crippen LogP contribution >= 0.6 is 0 Å². The number of hydrogen-bond acceptors (Lipinski definition) is 8. The molecule has 11 nitrogen and oxygen atoms in total. The number of alkyl halides is 2. The Bertz CT molecular complexity index is 1340. The van der Waals surface area contributed by atoms with Gasteiger partial charge in [0.1, 0.15) is 23.2 Å². The van der Waals surface area contributed by atoms with Gasteiger partial charge in [-0.15, -0.1) is 0 Å². The van der Waals surface area contributed by atoms with Gasteiger partial charge in [0.05, 0.1) is 30.5 Å². The quantitative estimate of drug-likeness (QED) is 0.522. The molecular weight excluding hydrogens is 416 g/mol. The van der Waals surface area contributed by atoms with Crippen LogP contribution in [0.4, 0.5) is 14.5 Å². The van der Waals surface area contributed by atoms with Crippen molar-refractivity contribution in [3.05, 3.63) is 67.5 Å². The summed E-state index contributed by atoms with van der Waals surface area (Å²) in [6, 6.07) is 5.68. The van der Waals surface area contributed by atoms with Crippen LogP contribution in [-0.2, 0) is 0 Å². The summed E-state index contributed by atoms with van der Waals surface area (Å²) in [6.07, 6.45) is 0.681. The summed E-state index contributed by atoms with van der Waals surface area (Å²) in [5, 5.41) is 14.7. The van der Waals surface area contributed by atoms with Crippen LogP contribution in [-0.4, -0.2) is 50.3 Å². The third-order valence-corrected chi connectivity index (χ3v) is 4.61. The van der Waals surface area contributed by atoms with Crippen LogP contribution in [0, 0.1) is 11.3 Å². The SMILES string of the molecule is N#Cc1ccc(OC2CN(c3cc(-c4c[nH]c(=O)[nH]c4=O)n[nH]c3=O)CC2(F)F)cn1. The smallest absolute Gasteiger partial charge is 0.325 e. The Hall–Kier alpha value is -4.34. The van der Waals surface area contributed by atoms with Crippen molar-refractivity contribution in [1.82, 2.24) is 25.1 Å². The van der Waals surface area contributed by atoms with Crippen LogP contribution < -0.4 is 26.4 Å². The fourth-order valence-corrected chi connectivity index (χ4v) is 3.11. The van der Waals surface area contributed by atoms with Gasteiger partial charge in [-0.3, -0.25) is 14.6 Å². The van der Waals surface area contributed by atoms with Gasteiger partial charge in [0.25, 0.3) is 11.1 Å². The fraction of sp³-hybridized carbons (Fsp3) is 0.222. The molecule has 1 unspecified atom stereocenters. The Kier molecular flexibility index (Phi) is 4.82. The Labute approximate surface area is 171 Å². The molecule has 0 saturated carbocycles. The lowest BCUT2D eigenvalue weighted by Crippen LogP contribution is -2.36. The third-order valence-electron chi connectivity index (χ3n) is 4.61. The molecular formula is C18H13F2N7O4. The largest absolute Gasteiger partial charge is 0.481 e. The first-order chi connectivity index (χ1) is 14.8. The lowest BCUT2D eigenvalue weighted by atomic mass is 10.2. The van der Waals surface area contributed by atoms with E-state index in [1.54, 1.807) is 0 Å². The van der Waals surface area contributed by atoms with Crippen molar-refractivity contribution in [2.24, 2.45) is 0 Å². The molecule has 3 aromatic heterocycles. The maximum absolute atomic E-state index is 14.6. The van der Waals surface area contributed by atoms with E-state index in [4.69, 9.17) is 10.00 Å². The van der Waals surface area contributed by atoms with Crippen LogP contribution in [0.2, 0.25) is 0 Å². The molecule has 1 fully saturated rings. The van der Waals surface area contributed by atoms with E-state index >= 15 is 0 Å². The van der Waals surface area contributed by atoms with Crippen molar-refractivity contribution in [2.75, 3.05) is 18.0 Å². The maximum Gasteiger partial charge on any atom is 0.325 e. The van der Waals surface area contributed by atoms with Crippen molar-refractivity contribution in [1.29, 1.82) is 5.26 Å². The highest BCUT2D eigenvalue weighted by molar-refractivity contribution is 5.62. The van der Waals surface area contributed by atoms with Gasteiger partial charge < -0.3 is 14.6 Å². The number of nitrogens with zero attached hydrogens (tertiary/aromatic N) is 4. The first kappa shape index (κ1) is 20.0. The molecule has 0 aliphatic carbocycles. The number of H-pyrrole nitrogens is 3. The number of halogens is 2. The monoisotopic (exact) mass is 429 g/mol. The predicted molar refractivity (Wildman–Crippen MR) is 102 cm³/mol. The standard InChI is InChI=1S/C18H13F2N7O4/c19-18(20)8-27(7-14(18)31-10-2-1-9(4-21)22-5-10)13-3-12(25-26-16(13)29)11-6-23-17(30)24-15(11)28/h1-3,5-6,14H,7-8H2,(H,26,29)(H2,23,24,28,30). The molecule has 4 rings (SSSR count). The van der Waals surface area contributed by atoms with Gasteiger partial charge in [0, 0.05) is 6.20 Å². The Balaban J connectivity index is 1.62.